The van der Waals surface area contributed by atoms with E-state index in [1.165, 1.54) is 18.1 Å². The average Bonchev–Trinajstić information content (AvgIpc) is 2.72. The molecule has 0 atom stereocenters. The van der Waals surface area contributed by atoms with E-state index in [1.54, 1.807) is 0 Å². The van der Waals surface area contributed by atoms with Gasteiger partial charge in [0.1, 0.15) is 5.82 Å². The fourth-order valence-electron chi connectivity index (χ4n) is 3.18. The third kappa shape index (κ3) is 4.18. The maximum absolute atomic E-state index is 13.5. The van der Waals surface area contributed by atoms with Crippen LogP contribution in [-0.2, 0) is 6.42 Å². The average molecular weight is 425 g/mol. The first-order valence-electron chi connectivity index (χ1n) is 9.15. The summed E-state index contributed by atoms with van der Waals surface area (Å²) >= 11 is 7.62. The molecule has 29 heavy (non-hydrogen) atoms. The van der Waals surface area contributed by atoms with Gasteiger partial charge >= 0.3 is 6.08 Å². The summed E-state index contributed by atoms with van der Waals surface area (Å²) < 4.78 is 16.7. The maximum atomic E-state index is 13.5. The third-order valence-corrected chi connectivity index (χ3v) is 5.94. The Balaban J connectivity index is 1.64. The van der Waals surface area contributed by atoms with Crippen LogP contribution in [0.2, 0.25) is 5.02 Å². The van der Waals surface area contributed by atoms with Crippen molar-refractivity contribution in [3.8, 4) is 11.1 Å². The molecule has 0 fully saturated rings. The van der Waals surface area contributed by atoms with E-state index < -0.39 is 6.08 Å². The Morgan fingerprint density at radius 2 is 1.93 bits per heavy atom. The lowest BCUT2D eigenvalue weighted by Gasteiger charge is -2.12. The van der Waals surface area contributed by atoms with Gasteiger partial charge in [0.25, 0.3) is 0 Å². The maximum Gasteiger partial charge on any atom is 0.309 e. The second kappa shape index (κ2) is 8.35. The molecule has 2 aromatic heterocycles. The number of benzene rings is 2. The van der Waals surface area contributed by atoms with Gasteiger partial charge in [0.05, 0.1) is 10.5 Å². The lowest BCUT2D eigenvalue weighted by Crippen LogP contribution is -1.97. The van der Waals surface area contributed by atoms with Gasteiger partial charge in [-0.1, -0.05) is 30.7 Å². The Morgan fingerprint density at radius 1 is 1.10 bits per heavy atom. The van der Waals surface area contributed by atoms with E-state index in [1.807, 2.05) is 62.4 Å². The molecule has 4 rings (SSSR count). The Bertz CT molecular complexity index is 1200. The summed E-state index contributed by atoms with van der Waals surface area (Å²) in [5.41, 5.74) is 4.55. The van der Waals surface area contributed by atoms with Gasteiger partial charge in [0.2, 0.25) is 0 Å². The van der Waals surface area contributed by atoms with Gasteiger partial charge in [-0.2, -0.15) is 4.39 Å². The van der Waals surface area contributed by atoms with E-state index in [4.69, 9.17) is 11.6 Å². The van der Waals surface area contributed by atoms with Crippen LogP contribution in [-0.4, -0.2) is 15.0 Å². The van der Waals surface area contributed by atoms with Crippen molar-refractivity contribution in [3.63, 3.8) is 0 Å². The first kappa shape index (κ1) is 19.6. The first-order chi connectivity index (χ1) is 14.0. The van der Waals surface area contributed by atoms with Gasteiger partial charge < -0.3 is 4.72 Å². The molecule has 146 valence electrons. The summed E-state index contributed by atoms with van der Waals surface area (Å²) in [5, 5.41) is 1.51. The topological polar surface area (TPSA) is 50.7 Å². The van der Waals surface area contributed by atoms with Crippen LogP contribution in [0.25, 0.3) is 22.0 Å². The number of fused-ring (bicyclic) bond motifs is 1. The zero-order chi connectivity index (χ0) is 20.4. The quantitative estimate of drug-likeness (QED) is 0.293. The van der Waals surface area contributed by atoms with E-state index in [2.05, 4.69) is 19.7 Å². The Labute approximate surface area is 177 Å². The fourth-order valence-corrected chi connectivity index (χ4v) is 4.07. The van der Waals surface area contributed by atoms with Crippen LogP contribution >= 0.6 is 23.5 Å². The molecule has 0 aliphatic heterocycles. The number of aromatic nitrogens is 3. The standard InChI is InChI=1S/C22H18ClFN4S/c1-3-14-10-15(11-16-12-25-22(24)27-21(14)16)17-8-9-20(26-13(17)2)28-29-19-7-5-4-6-18(19)23/h4-12H,3H2,1-2H3,(H,26,28). The third-order valence-electron chi connectivity index (χ3n) is 4.61. The fraction of sp³-hybridized carbons (Fsp3) is 0.136. The lowest BCUT2D eigenvalue weighted by molar-refractivity contribution is 0.544. The molecule has 0 unspecified atom stereocenters. The van der Waals surface area contributed by atoms with Gasteiger partial charge in [-0.25, -0.2) is 15.0 Å². The molecule has 0 saturated carbocycles. The molecule has 0 bridgehead atoms. The molecular formula is C22H18ClFN4S. The number of nitrogens with one attached hydrogen (secondary N) is 1. The highest BCUT2D eigenvalue weighted by Gasteiger charge is 2.11. The number of nitrogens with zero attached hydrogens (tertiary/aromatic N) is 3. The zero-order valence-electron chi connectivity index (χ0n) is 15.9. The molecule has 0 aliphatic rings. The van der Waals surface area contributed by atoms with Gasteiger partial charge in [-0.3, -0.25) is 0 Å². The van der Waals surface area contributed by atoms with Gasteiger partial charge in [0.15, 0.2) is 0 Å². The van der Waals surface area contributed by atoms with Crippen LogP contribution in [0, 0.1) is 13.0 Å². The predicted molar refractivity (Wildman–Crippen MR) is 118 cm³/mol. The number of hydrogen-bond acceptors (Lipinski definition) is 5. The van der Waals surface area contributed by atoms with Gasteiger partial charge in [0, 0.05) is 27.7 Å². The Kier molecular flexibility index (Phi) is 5.65. The van der Waals surface area contributed by atoms with Gasteiger partial charge in [-0.15, -0.1) is 0 Å². The second-order valence-electron chi connectivity index (χ2n) is 6.53. The molecule has 7 heteroatoms. The normalized spacial score (nSPS) is 11.0. The summed E-state index contributed by atoms with van der Waals surface area (Å²) in [6.07, 6.45) is 1.57. The molecule has 2 aromatic carbocycles. The molecule has 4 aromatic rings. The molecule has 1 N–H and O–H groups in total. The summed E-state index contributed by atoms with van der Waals surface area (Å²) in [6.45, 7) is 4.00. The van der Waals surface area contributed by atoms with Crippen molar-refractivity contribution >= 4 is 40.3 Å². The summed E-state index contributed by atoms with van der Waals surface area (Å²) in [7, 11) is 0. The second-order valence-corrected chi connectivity index (χ2v) is 7.79. The highest BCUT2D eigenvalue weighted by Crippen LogP contribution is 2.31. The van der Waals surface area contributed by atoms with Crippen molar-refractivity contribution < 1.29 is 4.39 Å². The zero-order valence-corrected chi connectivity index (χ0v) is 17.5. The van der Waals surface area contributed by atoms with Crippen LogP contribution in [0.3, 0.4) is 0 Å². The van der Waals surface area contributed by atoms with Crippen LogP contribution < -0.4 is 4.72 Å². The van der Waals surface area contributed by atoms with Gasteiger partial charge in [-0.05, 0) is 72.8 Å². The number of anilines is 1. The van der Waals surface area contributed by atoms with Crippen molar-refractivity contribution in [1.29, 1.82) is 0 Å². The van der Waals surface area contributed by atoms with Crippen LogP contribution in [0.4, 0.5) is 10.2 Å². The Morgan fingerprint density at radius 3 is 2.69 bits per heavy atom. The molecule has 4 nitrogen and oxygen atoms in total. The summed E-state index contributed by atoms with van der Waals surface area (Å²) in [6, 6.07) is 15.6. The van der Waals surface area contributed by atoms with Crippen molar-refractivity contribution in [2.75, 3.05) is 4.72 Å². The number of hydrogen-bond donors (Lipinski definition) is 1. The number of pyridine rings is 1. The largest absolute Gasteiger partial charge is 0.310 e. The molecule has 0 amide bonds. The van der Waals surface area contributed by atoms with Crippen LogP contribution in [0.1, 0.15) is 18.2 Å². The van der Waals surface area contributed by atoms with E-state index >= 15 is 0 Å². The minimum atomic E-state index is -0.704. The molecule has 0 spiro atoms. The molecule has 2 heterocycles. The number of rotatable bonds is 5. The summed E-state index contributed by atoms with van der Waals surface area (Å²) in [5.74, 6) is 0.748. The van der Waals surface area contributed by atoms with Crippen molar-refractivity contribution in [3.05, 3.63) is 77.1 Å². The number of aryl methyl sites for hydroxylation is 2. The minimum Gasteiger partial charge on any atom is -0.310 e. The molecule has 0 radical (unpaired) electrons. The van der Waals surface area contributed by atoms with E-state index in [0.29, 0.717) is 10.5 Å². The first-order valence-corrected chi connectivity index (χ1v) is 10.3. The Hall–Kier alpha value is -2.70. The van der Waals surface area contributed by atoms with Crippen molar-refractivity contribution in [2.24, 2.45) is 0 Å². The highest BCUT2D eigenvalue weighted by molar-refractivity contribution is 8.00. The van der Waals surface area contributed by atoms with Crippen molar-refractivity contribution in [1.82, 2.24) is 15.0 Å². The monoisotopic (exact) mass is 424 g/mol. The summed E-state index contributed by atoms with van der Waals surface area (Å²) in [4.78, 5) is 13.3. The van der Waals surface area contributed by atoms with Crippen LogP contribution in [0.15, 0.2) is 59.6 Å². The van der Waals surface area contributed by atoms with Crippen LogP contribution in [0.5, 0.6) is 0 Å². The molecule has 0 aliphatic carbocycles. The van der Waals surface area contributed by atoms with E-state index in [9.17, 15) is 4.39 Å². The van der Waals surface area contributed by atoms with E-state index in [-0.39, 0.29) is 0 Å². The van der Waals surface area contributed by atoms with Crippen molar-refractivity contribution in [2.45, 2.75) is 25.2 Å². The number of halogens is 2. The minimum absolute atomic E-state index is 0.656. The SMILES string of the molecule is CCc1cc(-c2ccc(NSc3ccccc3Cl)nc2C)cc2cnc(F)nc12. The lowest BCUT2D eigenvalue weighted by atomic mass is 9.98. The smallest absolute Gasteiger partial charge is 0.309 e. The molecule has 0 saturated heterocycles. The predicted octanol–water partition coefficient (Wildman–Crippen LogP) is 6.47. The van der Waals surface area contributed by atoms with E-state index in [0.717, 1.165) is 44.9 Å². The highest BCUT2D eigenvalue weighted by atomic mass is 35.5. The molecular weight excluding hydrogens is 407 g/mol.